The molecule has 1 aliphatic rings. The lowest BCUT2D eigenvalue weighted by Crippen LogP contribution is -2.23. The Morgan fingerprint density at radius 3 is 3.12 bits per heavy atom. The van der Waals surface area contributed by atoms with Gasteiger partial charge in [-0.1, -0.05) is 25.0 Å². The fraction of sp³-hybridized carbons (Fsp3) is 0.429. The second-order valence-corrected chi connectivity index (χ2v) is 4.18. The first-order valence-corrected chi connectivity index (χ1v) is 5.85. The first kappa shape index (κ1) is 11.0. The summed E-state index contributed by atoms with van der Waals surface area (Å²) in [4.78, 5) is 2.26. The molecule has 0 saturated heterocycles. The Kier molecular flexibility index (Phi) is 3.48. The third kappa shape index (κ3) is 2.37. The Labute approximate surface area is 97.7 Å². The number of anilines is 1. The van der Waals surface area contributed by atoms with Crippen LogP contribution >= 0.6 is 0 Å². The average Bonchev–Trinajstić information content (AvgIpc) is 2.75. The molecule has 0 atom stereocenters. The fourth-order valence-electron chi connectivity index (χ4n) is 2.10. The zero-order valence-corrected chi connectivity index (χ0v) is 9.79. The van der Waals surface area contributed by atoms with Gasteiger partial charge in [0.1, 0.15) is 0 Å². The highest BCUT2D eigenvalue weighted by molar-refractivity contribution is 5.57. The van der Waals surface area contributed by atoms with Crippen LogP contribution in [0.5, 0.6) is 0 Å². The maximum Gasteiger partial charge on any atom is 0.0601 e. The highest BCUT2D eigenvalue weighted by Gasteiger charge is 2.10. The molecule has 1 N–H and O–H groups in total. The second-order valence-electron chi connectivity index (χ2n) is 4.18. The highest BCUT2D eigenvalue weighted by Crippen LogP contribution is 2.23. The van der Waals surface area contributed by atoms with E-state index in [0.29, 0.717) is 0 Å². The van der Waals surface area contributed by atoms with Gasteiger partial charge >= 0.3 is 0 Å². The van der Waals surface area contributed by atoms with Gasteiger partial charge in [-0.05, 0) is 30.2 Å². The predicted octanol–water partition coefficient (Wildman–Crippen LogP) is 2.11. The van der Waals surface area contributed by atoms with Gasteiger partial charge in [0.2, 0.25) is 0 Å². The molecule has 0 spiro atoms. The summed E-state index contributed by atoms with van der Waals surface area (Å²) >= 11 is 0. The van der Waals surface area contributed by atoms with Crippen molar-refractivity contribution in [2.45, 2.75) is 19.9 Å². The van der Waals surface area contributed by atoms with Gasteiger partial charge in [0.25, 0.3) is 0 Å². The molecule has 84 valence electrons. The molecule has 0 aliphatic carbocycles. The molecule has 2 nitrogen and oxygen atoms in total. The summed E-state index contributed by atoms with van der Waals surface area (Å²) in [5, 5.41) is 3.40. The molecule has 0 amide bonds. The summed E-state index contributed by atoms with van der Waals surface area (Å²) in [5.74, 6) is 2.70. The Hall–Kier alpha value is -1.46. The van der Waals surface area contributed by atoms with E-state index in [9.17, 15) is 0 Å². The lowest BCUT2D eigenvalue weighted by Gasteiger charge is -2.17. The van der Waals surface area contributed by atoms with Crippen molar-refractivity contribution in [2.75, 3.05) is 25.0 Å². The third-order valence-corrected chi connectivity index (χ3v) is 3.05. The molecule has 2 heteroatoms. The van der Waals surface area contributed by atoms with E-state index >= 15 is 0 Å². The molecule has 0 aromatic heterocycles. The minimum Gasteiger partial charge on any atom is -0.384 e. The molecule has 16 heavy (non-hydrogen) atoms. The van der Waals surface area contributed by atoms with E-state index in [1.165, 1.54) is 16.8 Å². The van der Waals surface area contributed by atoms with Crippen LogP contribution in [-0.4, -0.2) is 24.5 Å². The van der Waals surface area contributed by atoms with Gasteiger partial charge in [0.15, 0.2) is 0 Å². The first-order chi connectivity index (χ1) is 7.83. The van der Waals surface area contributed by atoms with Gasteiger partial charge < -0.3 is 5.32 Å². The topological polar surface area (TPSA) is 15.3 Å². The van der Waals surface area contributed by atoms with Crippen molar-refractivity contribution in [2.24, 2.45) is 0 Å². The molecule has 1 aromatic rings. The fourth-order valence-corrected chi connectivity index (χ4v) is 2.10. The smallest absolute Gasteiger partial charge is 0.0601 e. The number of nitrogens with one attached hydrogen (secondary N) is 1. The van der Waals surface area contributed by atoms with Crippen LogP contribution in [0.3, 0.4) is 0 Å². The van der Waals surface area contributed by atoms with Gasteiger partial charge in [-0.3, -0.25) is 4.90 Å². The summed E-state index contributed by atoms with van der Waals surface area (Å²) in [6.07, 6.45) is 6.50. The summed E-state index contributed by atoms with van der Waals surface area (Å²) in [5.41, 5.74) is 4.07. The molecule has 1 aromatic carbocycles. The number of fused-ring (bicyclic) bond motifs is 1. The van der Waals surface area contributed by atoms with Crippen LogP contribution in [-0.2, 0) is 13.0 Å². The Morgan fingerprint density at radius 1 is 1.50 bits per heavy atom. The molecule has 0 unspecified atom stereocenters. The van der Waals surface area contributed by atoms with Crippen molar-refractivity contribution in [1.29, 1.82) is 0 Å². The van der Waals surface area contributed by atoms with E-state index in [-0.39, 0.29) is 0 Å². The van der Waals surface area contributed by atoms with E-state index in [1.54, 1.807) is 0 Å². The summed E-state index contributed by atoms with van der Waals surface area (Å²) in [6, 6.07) is 6.70. The van der Waals surface area contributed by atoms with Crippen LogP contribution in [0.2, 0.25) is 0 Å². The van der Waals surface area contributed by atoms with Crippen molar-refractivity contribution in [3.8, 4) is 12.3 Å². The second kappa shape index (κ2) is 5.05. The van der Waals surface area contributed by atoms with Crippen LogP contribution in [0.4, 0.5) is 5.69 Å². The molecule has 1 aliphatic heterocycles. The quantitative estimate of drug-likeness (QED) is 0.772. The summed E-state index contributed by atoms with van der Waals surface area (Å²) < 4.78 is 0. The van der Waals surface area contributed by atoms with Crippen molar-refractivity contribution in [3.05, 3.63) is 29.3 Å². The zero-order valence-electron chi connectivity index (χ0n) is 9.79. The minimum atomic E-state index is 0.723. The predicted molar refractivity (Wildman–Crippen MR) is 68.4 cm³/mol. The summed E-state index contributed by atoms with van der Waals surface area (Å²) in [7, 11) is 0. The Balaban J connectivity index is 2.07. The van der Waals surface area contributed by atoms with E-state index in [0.717, 1.165) is 32.6 Å². The molecule has 0 bridgehead atoms. The van der Waals surface area contributed by atoms with E-state index in [4.69, 9.17) is 6.42 Å². The Bertz CT molecular complexity index is 404. The molecular formula is C14H18N2. The SMILES string of the molecule is C#CCN(CC)Cc1ccc2c(c1)NCC2. The first-order valence-electron chi connectivity index (χ1n) is 5.85. The molecule has 0 fully saturated rings. The maximum absolute atomic E-state index is 5.34. The monoisotopic (exact) mass is 214 g/mol. The lowest BCUT2D eigenvalue weighted by atomic mass is 10.1. The lowest BCUT2D eigenvalue weighted by molar-refractivity contribution is 0.316. The Morgan fingerprint density at radius 2 is 2.38 bits per heavy atom. The normalized spacial score (nSPS) is 13.3. The van der Waals surface area contributed by atoms with E-state index in [1.807, 2.05) is 0 Å². The van der Waals surface area contributed by atoms with Crippen LogP contribution in [0.1, 0.15) is 18.1 Å². The third-order valence-electron chi connectivity index (χ3n) is 3.05. The number of nitrogens with zero attached hydrogens (tertiary/aromatic N) is 1. The molecule has 1 heterocycles. The summed E-state index contributed by atoms with van der Waals surface area (Å²) in [6.45, 7) is 5.87. The number of terminal acetylenes is 1. The van der Waals surface area contributed by atoms with Crippen LogP contribution in [0, 0.1) is 12.3 Å². The highest BCUT2D eigenvalue weighted by atomic mass is 15.1. The number of rotatable bonds is 4. The van der Waals surface area contributed by atoms with Gasteiger partial charge in [-0.15, -0.1) is 6.42 Å². The van der Waals surface area contributed by atoms with Crippen LogP contribution < -0.4 is 5.32 Å². The zero-order chi connectivity index (χ0) is 11.4. The van der Waals surface area contributed by atoms with Crippen molar-refractivity contribution >= 4 is 5.69 Å². The average molecular weight is 214 g/mol. The van der Waals surface area contributed by atoms with Crippen molar-refractivity contribution in [3.63, 3.8) is 0 Å². The minimum absolute atomic E-state index is 0.723. The van der Waals surface area contributed by atoms with Crippen molar-refractivity contribution < 1.29 is 0 Å². The molecule has 0 radical (unpaired) electrons. The van der Waals surface area contributed by atoms with E-state index < -0.39 is 0 Å². The van der Waals surface area contributed by atoms with Gasteiger partial charge in [-0.25, -0.2) is 0 Å². The van der Waals surface area contributed by atoms with Crippen LogP contribution in [0.25, 0.3) is 0 Å². The molecular weight excluding hydrogens is 196 g/mol. The van der Waals surface area contributed by atoms with E-state index in [2.05, 4.69) is 41.3 Å². The molecule has 2 rings (SSSR count). The van der Waals surface area contributed by atoms with Gasteiger partial charge in [0.05, 0.1) is 6.54 Å². The van der Waals surface area contributed by atoms with Crippen LogP contribution in [0.15, 0.2) is 18.2 Å². The maximum atomic E-state index is 5.34. The number of benzene rings is 1. The number of hydrogen-bond donors (Lipinski definition) is 1. The standard InChI is InChI=1S/C14H18N2/c1-3-9-16(4-2)11-12-5-6-13-7-8-15-14(13)10-12/h1,5-6,10,15H,4,7-9,11H2,2H3. The molecule has 0 saturated carbocycles. The largest absolute Gasteiger partial charge is 0.384 e. The van der Waals surface area contributed by atoms with Gasteiger partial charge in [-0.2, -0.15) is 0 Å². The van der Waals surface area contributed by atoms with Gasteiger partial charge in [0, 0.05) is 18.8 Å². The van der Waals surface area contributed by atoms with Crippen molar-refractivity contribution in [1.82, 2.24) is 4.90 Å². The number of hydrogen-bond acceptors (Lipinski definition) is 2.